The minimum absolute atomic E-state index is 0.164. The minimum Gasteiger partial charge on any atom is -0.466 e. The van der Waals surface area contributed by atoms with Crippen LogP contribution in [0.5, 0.6) is 0 Å². The Labute approximate surface area is 126 Å². The van der Waals surface area contributed by atoms with Gasteiger partial charge in [0.2, 0.25) is 0 Å². The summed E-state index contributed by atoms with van der Waals surface area (Å²) in [4.78, 5) is 24.8. The molecule has 0 atom stereocenters. The molecule has 0 N–H and O–H groups in total. The highest BCUT2D eigenvalue weighted by atomic mass is 16.5. The maximum Gasteiger partial charge on any atom is 0.331 e. The fourth-order valence-corrected chi connectivity index (χ4v) is 3.11. The van der Waals surface area contributed by atoms with Gasteiger partial charge in [0, 0.05) is 42.3 Å². The van der Waals surface area contributed by atoms with E-state index in [1.54, 1.807) is 6.20 Å². The highest BCUT2D eigenvalue weighted by molar-refractivity contribution is 5.82. The Hall–Kier alpha value is -1.78. The van der Waals surface area contributed by atoms with Crippen molar-refractivity contribution in [3.05, 3.63) is 24.9 Å². The van der Waals surface area contributed by atoms with Gasteiger partial charge in [-0.3, -0.25) is 0 Å². The van der Waals surface area contributed by atoms with E-state index in [-0.39, 0.29) is 23.2 Å². The number of hydrogen-bond acceptors (Lipinski definition) is 5. The largest absolute Gasteiger partial charge is 0.466 e. The molecular formula is C16H25NO4. The molecule has 5 nitrogen and oxygen atoms in total. The van der Waals surface area contributed by atoms with Gasteiger partial charge in [0.1, 0.15) is 6.10 Å². The SMILES string of the molecule is C=CC(=O)OC1CC(C)(C)N(C=CC(=O)OC)C(C)(C)C1. The van der Waals surface area contributed by atoms with E-state index in [0.29, 0.717) is 12.8 Å². The van der Waals surface area contributed by atoms with E-state index in [9.17, 15) is 9.59 Å². The maximum atomic E-state index is 11.4. The van der Waals surface area contributed by atoms with Crippen molar-refractivity contribution < 1.29 is 19.1 Å². The minimum atomic E-state index is -0.398. The predicted octanol–water partition coefficient (Wildman–Crippen LogP) is 2.42. The van der Waals surface area contributed by atoms with Gasteiger partial charge in [-0.2, -0.15) is 0 Å². The normalized spacial score (nSPS) is 21.1. The molecule has 0 bridgehead atoms. The van der Waals surface area contributed by atoms with E-state index in [4.69, 9.17) is 4.74 Å². The van der Waals surface area contributed by atoms with Crippen molar-refractivity contribution in [2.45, 2.75) is 57.7 Å². The molecule has 0 aromatic heterocycles. The van der Waals surface area contributed by atoms with Crippen molar-refractivity contribution in [1.29, 1.82) is 0 Å². The van der Waals surface area contributed by atoms with Gasteiger partial charge in [-0.15, -0.1) is 0 Å². The van der Waals surface area contributed by atoms with Gasteiger partial charge in [0.05, 0.1) is 7.11 Å². The van der Waals surface area contributed by atoms with E-state index < -0.39 is 5.97 Å². The van der Waals surface area contributed by atoms with Crippen molar-refractivity contribution in [3.8, 4) is 0 Å². The maximum absolute atomic E-state index is 11.4. The third kappa shape index (κ3) is 4.34. The number of ether oxygens (including phenoxy) is 2. The first-order valence-electron chi connectivity index (χ1n) is 7.01. The second-order valence-electron chi connectivity index (χ2n) is 6.51. The fraction of sp³-hybridized carbons (Fsp3) is 0.625. The lowest BCUT2D eigenvalue weighted by Gasteiger charge is -2.54. The lowest BCUT2D eigenvalue weighted by Crippen LogP contribution is -2.59. The molecule has 1 aliphatic heterocycles. The second-order valence-corrected chi connectivity index (χ2v) is 6.51. The zero-order valence-corrected chi connectivity index (χ0v) is 13.5. The Kier molecular flexibility index (Phi) is 5.20. The summed E-state index contributed by atoms with van der Waals surface area (Å²) in [7, 11) is 1.35. The van der Waals surface area contributed by atoms with Crippen molar-refractivity contribution in [2.75, 3.05) is 7.11 Å². The summed E-state index contributed by atoms with van der Waals surface area (Å²) in [5, 5.41) is 0. The molecule has 5 heteroatoms. The lowest BCUT2D eigenvalue weighted by molar-refractivity contribution is -0.151. The van der Waals surface area contributed by atoms with Crippen LogP contribution in [0.4, 0.5) is 0 Å². The number of carbonyl (C=O) groups excluding carboxylic acids is 2. The summed E-state index contributed by atoms with van der Waals surface area (Å²) in [6.07, 6.45) is 5.56. The Bertz CT molecular complexity index is 433. The first-order chi connectivity index (χ1) is 9.62. The zero-order chi connectivity index (χ0) is 16.3. The number of carbonyl (C=O) groups is 2. The number of esters is 2. The van der Waals surface area contributed by atoms with Crippen LogP contribution >= 0.6 is 0 Å². The molecule has 0 aliphatic carbocycles. The molecule has 0 unspecified atom stereocenters. The first-order valence-corrected chi connectivity index (χ1v) is 7.01. The van der Waals surface area contributed by atoms with Crippen molar-refractivity contribution in [2.24, 2.45) is 0 Å². The molecule has 0 aromatic rings. The van der Waals surface area contributed by atoms with Crippen LogP contribution in [0.3, 0.4) is 0 Å². The molecule has 1 fully saturated rings. The van der Waals surface area contributed by atoms with Gasteiger partial charge in [-0.1, -0.05) is 6.58 Å². The van der Waals surface area contributed by atoms with Gasteiger partial charge in [0.25, 0.3) is 0 Å². The van der Waals surface area contributed by atoms with Crippen LogP contribution in [-0.2, 0) is 19.1 Å². The number of hydrogen-bond donors (Lipinski definition) is 0. The van der Waals surface area contributed by atoms with E-state index in [1.807, 2.05) is 0 Å². The van der Waals surface area contributed by atoms with E-state index in [1.165, 1.54) is 19.3 Å². The standard InChI is InChI=1S/C16H25NO4/c1-7-13(18)21-12-10-15(2,3)17(16(4,5)11-12)9-8-14(19)20-6/h7-9,12H,1,10-11H2,2-6H3. The van der Waals surface area contributed by atoms with E-state index in [2.05, 4.69) is 43.9 Å². The summed E-state index contributed by atoms with van der Waals surface area (Å²) in [6, 6.07) is 0. The predicted molar refractivity (Wildman–Crippen MR) is 80.5 cm³/mol. The summed E-state index contributed by atoms with van der Waals surface area (Å²) in [5.74, 6) is -0.785. The van der Waals surface area contributed by atoms with Gasteiger partial charge in [0.15, 0.2) is 0 Å². The van der Waals surface area contributed by atoms with E-state index >= 15 is 0 Å². The molecule has 1 aliphatic rings. The van der Waals surface area contributed by atoms with Crippen LogP contribution in [0.25, 0.3) is 0 Å². The van der Waals surface area contributed by atoms with Crippen molar-refractivity contribution >= 4 is 11.9 Å². The van der Waals surface area contributed by atoms with Crippen LogP contribution in [0, 0.1) is 0 Å². The lowest BCUT2D eigenvalue weighted by atomic mass is 9.78. The summed E-state index contributed by atoms with van der Waals surface area (Å²) in [6.45, 7) is 11.7. The first kappa shape index (κ1) is 17.3. The molecule has 0 spiro atoms. The van der Waals surface area contributed by atoms with Crippen LogP contribution in [0.2, 0.25) is 0 Å². The van der Waals surface area contributed by atoms with Crippen LogP contribution in [0.1, 0.15) is 40.5 Å². The zero-order valence-electron chi connectivity index (χ0n) is 13.5. The number of likely N-dealkylation sites (tertiary alicyclic amines) is 1. The Balaban J connectivity index is 2.93. The Morgan fingerprint density at radius 3 is 2.10 bits per heavy atom. The average molecular weight is 295 g/mol. The summed E-state index contributed by atoms with van der Waals surface area (Å²) >= 11 is 0. The monoisotopic (exact) mass is 295 g/mol. The van der Waals surface area contributed by atoms with Gasteiger partial charge < -0.3 is 14.4 Å². The number of nitrogens with zero attached hydrogens (tertiary/aromatic N) is 1. The molecule has 0 radical (unpaired) electrons. The highest BCUT2D eigenvalue weighted by Crippen LogP contribution is 2.39. The van der Waals surface area contributed by atoms with Gasteiger partial charge >= 0.3 is 11.9 Å². The van der Waals surface area contributed by atoms with E-state index in [0.717, 1.165) is 0 Å². The highest BCUT2D eigenvalue weighted by Gasteiger charge is 2.44. The molecule has 0 aromatic carbocycles. The summed E-state index contributed by atoms with van der Waals surface area (Å²) < 4.78 is 10.0. The molecule has 1 heterocycles. The van der Waals surface area contributed by atoms with Crippen molar-refractivity contribution in [3.63, 3.8) is 0 Å². The van der Waals surface area contributed by atoms with Crippen LogP contribution in [0.15, 0.2) is 24.9 Å². The number of piperidine rings is 1. The third-order valence-electron chi connectivity index (χ3n) is 3.77. The van der Waals surface area contributed by atoms with Crippen LogP contribution < -0.4 is 0 Å². The Morgan fingerprint density at radius 2 is 1.67 bits per heavy atom. The van der Waals surface area contributed by atoms with Gasteiger partial charge in [-0.25, -0.2) is 9.59 Å². The third-order valence-corrected chi connectivity index (χ3v) is 3.77. The average Bonchev–Trinajstić information content (AvgIpc) is 2.35. The molecule has 21 heavy (non-hydrogen) atoms. The second kappa shape index (κ2) is 6.33. The topological polar surface area (TPSA) is 55.8 Å². The molecule has 118 valence electrons. The summed E-state index contributed by atoms with van der Waals surface area (Å²) in [5.41, 5.74) is -0.503. The molecule has 1 rings (SSSR count). The fourth-order valence-electron chi connectivity index (χ4n) is 3.11. The number of methoxy groups -OCH3 is 1. The van der Waals surface area contributed by atoms with Crippen LogP contribution in [-0.4, -0.2) is 41.1 Å². The Morgan fingerprint density at radius 1 is 1.14 bits per heavy atom. The smallest absolute Gasteiger partial charge is 0.331 e. The molecule has 0 saturated carbocycles. The van der Waals surface area contributed by atoms with Gasteiger partial charge in [-0.05, 0) is 27.7 Å². The quantitative estimate of drug-likeness (QED) is 0.589. The molecule has 1 saturated heterocycles. The molecular weight excluding hydrogens is 270 g/mol. The number of rotatable bonds is 4. The van der Waals surface area contributed by atoms with Crippen molar-refractivity contribution in [1.82, 2.24) is 4.90 Å². The molecule has 0 amide bonds.